The van der Waals surface area contributed by atoms with Gasteiger partial charge >= 0.3 is 5.69 Å². The second kappa shape index (κ2) is 4.65. The first-order valence-electron chi connectivity index (χ1n) is 5.01. The third-order valence-corrected chi connectivity index (χ3v) is 2.45. The van der Waals surface area contributed by atoms with Crippen LogP contribution in [0.2, 0.25) is 0 Å². The van der Waals surface area contributed by atoms with Crippen LogP contribution >= 0.6 is 0 Å². The molecule has 8 heteroatoms. The van der Waals surface area contributed by atoms with Gasteiger partial charge in [-0.05, 0) is 0 Å². The third-order valence-electron chi connectivity index (χ3n) is 2.45. The number of nitrogens with one attached hydrogen (secondary N) is 1. The van der Waals surface area contributed by atoms with E-state index < -0.39 is 33.7 Å². The third kappa shape index (κ3) is 2.28. The molecule has 1 N–H and O–H groups in total. The van der Waals surface area contributed by atoms with Gasteiger partial charge in [0.1, 0.15) is 5.82 Å². The van der Waals surface area contributed by atoms with E-state index in [1.807, 2.05) is 0 Å². The van der Waals surface area contributed by atoms with E-state index in [-0.39, 0.29) is 6.04 Å². The van der Waals surface area contributed by atoms with Crippen molar-refractivity contribution in [3.8, 4) is 0 Å². The van der Waals surface area contributed by atoms with Gasteiger partial charge in [-0.2, -0.15) is 4.39 Å². The molecule has 0 bridgehead atoms. The summed E-state index contributed by atoms with van der Waals surface area (Å²) < 4.78 is 31.2. The highest BCUT2D eigenvalue weighted by molar-refractivity contribution is 5.95. The first-order chi connectivity index (χ1) is 8.49. The van der Waals surface area contributed by atoms with Gasteiger partial charge in [-0.25, -0.2) is 4.39 Å². The van der Waals surface area contributed by atoms with E-state index in [9.17, 15) is 23.7 Å². The molecule has 2 rings (SSSR count). The molecule has 0 atom stereocenters. The van der Waals surface area contributed by atoms with Crippen LogP contribution in [0.5, 0.6) is 0 Å². The number of hydrogen-bond donors (Lipinski definition) is 1. The van der Waals surface area contributed by atoms with E-state index in [0.29, 0.717) is 25.3 Å². The summed E-state index contributed by atoms with van der Waals surface area (Å²) >= 11 is 0. The lowest BCUT2D eigenvalue weighted by Gasteiger charge is -2.26. The van der Waals surface area contributed by atoms with Crippen LogP contribution in [0.25, 0.3) is 0 Å². The summed E-state index contributed by atoms with van der Waals surface area (Å²) in [6.07, 6.45) is 0. The molecule has 1 fully saturated rings. The van der Waals surface area contributed by atoms with Crippen molar-refractivity contribution in [3.63, 3.8) is 0 Å². The van der Waals surface area contributed by atoms with Crippen LogP contribution in [0, 0.1) is 21.7 Å². The average molecular weight is 258 g/mol. The maximum atomic E-state index is 13.4. The quantitative estimate of drug-likeness (QED) is 0.647. The zero-order valence-electron chi connectivity index (χ0n) is 8.98. The minimum atomic E-state index is -1.32. The Morgan fingerprint density at radius 2 is 2.06 bits per heavy atom. The van der Waals surface area contributed by atoms with E-state index in [1.54, 1.807) is 0 Å². The first kappa shape index (κ1) is 12.4. The lowest BCUT2D eigenvalue weighted by Crippen LogP contribution is -2.48. The Bertz CT molecular complexity index is 517. The van der Waals surface area contributed by atoms with E-state index in [4.69, 9.17) is 4.74 Å². The van der Waals surface area contributed by atoms with Crippen molar-refractivity contribution >= 4 is 11.6 Å². The van der Waals surface area contributed by atoms with Crippen LogP contribution in [-0.4, -0.2) is 30.1 Å². The van der Waals surface area contributed by atoms with Crippen molar-refractivity contribution in [3.05, 3.63) is 39.4 Å². The molecule has 1 amide bonds. The Morgan fingerprint density at radius 3 is 2.56 bits per heavy atom. The van der Waals surface area contributed by atoms with E-state index in [1.165, 1.54) is 0 Å². The van der Waals surface area contributed by atoms with E-state index in [0.717, 1.165) is 0 Å². The van der Waals surface area contributed by atoms with Gasteiger partial charge in [-0.15, -0.1) is 0 Å². The maximum absolute atomic E-state index is 13.4. The molecule has 1 heterocycles. The number of nitrogens with zero attached hydrogens (tertiary/aromatic N) is 1. The molecule has 1 aromatic rings. The number of halogens is 2. The highest BCUT2D eigenvalue weighted by Crippen LogP contribution is 2.21. The second-order valence-electron chi connectivity index (χ2n) is 3.75. The summed E-state index contributed by atoms with van der Waals surface area (Å²) in [5.74, 6) is -3.29. The summed E-state index contributed by atoms with van der Waals surface area (Å²) in [6.45, 7) is 0.604. The summed E-state index contributed by atoms with van der Waals surface area (Å²) in [7, 11) is 0. The number of amides is 1. The predicted molar refractivity (Wildman–Crippen MR) is 55.1 cm³/mol. The van der Waals surface area contributed by atoms with E-state index in [2.05, 4.69) is 5.32 Å². The highest BCUT2D eigenvalue weighted by Gasteiger charge is 2.26. The topological polar surface area (TPSA) is 81.5 Å². The molecule has 1 aliphatic rings. The number of nitro benzene ring substituents is 1. The van der Waals surface area contributed by atoms with Crippen LogP contribution in [-0.2, 0) is 4.74 Å². The zero-order valence-corrected chi connectivity index (χ0v) is 8.98. The molecule has 1 aliphatic heterocycles. The number of hydrogen-bond acceptors (Lipinski definition) is 4. The minimum Gasteiger partial charge on any atom is -0.377 e. The van der Waals surface area contributed by atoms with Gasteiger partial charge in [0.05, 0.1) is 29.7 Å². The van der Waals surface area contributed by atoms with Gasteiger partial charge in [0, 0.05) is 12.1 Å². The largest absolute Gasteiger partial charge is 0.377 e. The van der Waals surface area contributed by atoms with Crippen LogP contribution < -0.4 is 5.32 Å². The monoisotopic (exact) mass is 258 g/mol. The number of benzene rings is 1. The molecular formula is C10H8F2N2O4. The van der Waals surface area contributed by atoms with Crippen molar-refractivity contribution in [2.45, 2.75) is 6.04 Å². The van der Waals surface area contributed by atoms with Gasteiger partial charge in [0.15, 0.2) is 0 Å². The summed E-state index contributed by atoms with van der Waals surface area (Å²) in [6, 6.07) is 0.658. The van der Waals surface area contributed by atoms with Crippen molar-refractivity contribution in [2.24, 2.45) is 0 Å². The molecule has 96 valence electrons. The Balaban J connectivity index is 2.28. The van der Waals surface area contributed by atoms with Gasteiger partial charge in [0.2, 0.25) is 5.82 Å². The smallest absolute Gasteiger partial charge is 0.305 e. The number of ether oxygens (including phenoxy) is 1. The Kier molecular flexibility index (Phi) is 3.19. The lowest BCUT2D eigenvalue weighted by molar-refractivity contribution is -0.387. The van der Waals surface area contributed by atoms with Crippen LogP contribution in [0.4, 0.5) is 14.5 Å². The number of nitro groups is 1. The van der Waals surface area contributed by atoms with Crippen LogP contribution in [0.15, 0.2) is 12.1 Å². The summed E-state index contributed by atoms with van der Waals surface area (Å²) in [5.41, 5.74) is -1.50. The molecule has 0 spiro atoms. The number of rotatable bonds is 3. The van der Waals surface area contributed by atoms with Gasteiger partial charge in [0.25, 0.3) is 5.91 Å². The lowest BCUT2D eigenvalue weighted by atomic mass is 10.1. The van der Waals surface area contributed by atoms with E-state index >= 15 is 0 Å². The molecule has 6 nitrogen and oxygen atoms in total. The van der Waals surface area contributed by atoms with Crippen molar-refractivity contribution in [1.29, 1.82) is 0 Å². The molecule has 0 aliphatic carbocycles. The molecule has 1 aromatic carbocycles. The molecule has 1 saturated heterocycles. The van der Waals surface area contributed by atoms with Crippen LogP contribution in [0.1, 0.15) is 10.4 Å². The second-order valence-corrected chi connectivity index (χ2v) is 3.75. The molecular weight excluding hydrogens is 250 g/mol. The Labute approximate surface area is 99.7 Å². The number of carbonyl (C=O) groups is 1. The van der Waals surface area contributed by atoms with Gasteiger partial charge in [-0.3, -0.25) is 14.9 Å². The van der Waals surface area contributed by atoms with Crippen molar-refractivity contribution in [2.75, 3.05) is 13.2 Å². The highest BCUT2D eigenvalue weighted by atomic mass is 19.1. The van der Waals surface area contributed by atoms with Crippen molar-refractivity contribution < 1.29 is 23.2 Å². The molecule has 0 saturated carbocycles. The SMILES string of the molecule is O=C(NC1COC1)c1cc([N+](=O)[O-])c(F)cc1F. The van der Waals surface area contributed by atoms with Gasteiger partial charge in [-0.1, -0.05) is 0 Å². The minimum absolute atomic E-state index is 0.249. The summed E-state index contributed by atoms with van der Waals surface area (Å²) in [4.78, 5) is 21.1. The number of carbonyl (C=O) groups excluding carboxylic acids is 1. The fraction of sp³-hybridized carbons (Fsp3) is 0.300. The maximum Gasteiger partial charge on any atom is 0.305 e. The Hall–Kier alpha value is -2.09. The fourth-order valence-electron chi connectivity index (χ4n) is 1.43. The fourth-order valence-corrected chi connectivity index (χ4v) is 1.43. The van der Waals surface area contributed by atoms with Crippen molar-refractivity contribution in [1.82, 2.24) is 5.32 Å². The predicted octanol–water partition coefficient (Wildman–Crippen LogP) is 1.00. The Morgan fingerprint density at radius 1 is 1.39 bits per heavy atom. The van der Waals surface area contributed by atoms with Crippen LogP contribution in [0.3, 0.4) is 0 Å². The summed E-state index contributed by atoms with van der Waals surface area (Å²) in [5, 5.41) is 12.9. The first-order valence-corrected chi connectivity index (χ1v) is 5.01. The average Bonchev–Trinajstić information content (AvgIpc) is 2.22. The zero-order chi connectivity index (χ0) is 13.3. The standard InChI is InChI=1S/C10H8F2N2O4/c11-7-2-8(12)9(14(16)17)1-6(7)10(15)13-5-3-18-4-5/h1-2,5H,3-4H2,(H,13,15). The molecule has 0 unspecified atom stereocenters. The van der Waals surface area contributed by atoms with Gasteiger partial charge < -0.3 is 10.1 Å². The normalized spacial score (nSPS) is 15.0. The molecule has 0 radical (unpaired) electrons. The molecule has 18 heavy (non-hydrogen) atoms. The molecule has 0 aromatic heterocycles.